The largest absolute Gasteiger partial charge is 0.381 e. The van der Waals surface area contributed by atoms with E-state index in [4.69, 9.17) is 4.74 Å². The highest BCUT2D eigenvalue weighted by molar-refractivity contribution is 5.91. The Labute approximate surface area is 101 Å². The van der Waals surface area contributed by atoms with Gasteiger partial charge in [-0.05, 0) is 18.8 Å². The Morgan fingerprint density at radius 1 is 1.47 bits per heavy atom. The summed E-state index contributed by atoms with van der Waals surface area (Å²) >= 11 is 0. The highest BCUT2D eigenvalue weighted by atomic mass is 16.5. The third-order valence-electron chi connectivity index (χ3n) is 3.00. The van der Waals surface area contributed by atoms with Gasteiger partial charge in [-0.1, -0.05) is 0 Å². The van der Waals surface area contributed by atoms with Crippen LogP contribution in [-0.4, -0.2) is 47.6 Å². The summed E-state index contributed by atoms with van der Waals surface area (Å²) < 4.78 is 5.30. The zero-order valence-electron chi connectivity index (χ0n) is 10.0. The van der Waals surface area contributed by atoms with Crippen LogP contribution in [0.3, 0.4) is 0 Å². The maximum absolute atomic E-state index is 12.0. The Morgan fingerprint density at radius 3 is 2.88 bits per heavy atom. The maximum Gasteiger partial charge on any atom is 0.273 e. The maximum atomic E-state index is 12.0. The molecule has 0 saturated carbocycles. The zero-order valence-corrected chi connectivity index (χ0v) is 10.0. The van der Waals surface area contributed by atoms with Gasteiger partial charge in [0.25, 0.3) is 5.91 Å². The molecular weight excluding hydrogens is 218 g/mol. The van der Waals surface area contributed by atoms with Gasteiger partial charge in [-0.15, -0.1) is 0 Å². The van der Waals surface area contributed by atoms with E-state index in [9.17, 15) is 4.79 Å². The molecule has 0 aromatic carbocycles. The predicted octanol–water partition coefficient (Wildman–Crippen LogP) is 0.975. The van der Waals surface area contributed by atoms with E-state index in [0.29, 0.717) is 11.6 Å². The predicted molar refractivity (Wildman–Crippen MR) is 62.5 cm³/mol. The van der Waals surface area contributed by atoms with Gasteiger partial charge in [-0.25, -0.2) is 4.98 Å². The van der Waals surface area contributed by atoms with Gasteiger partial charge in [-0.2, -0.15) is 0 Å². The Morgan fingerprint density at radius 2 is 2.24 bits per heavy atom. The van der Waals surface area contributed by atoms with Gasteiger partial charge >= 0.3 is 0 Å². The van der Waals surface area contributed by atoms with Crippen LogP contribution in [0.1, 0.15) is 23.3 Å². The van der Waals surface area contributed by atoms with E-state index in [0.717, 1.165) is 32.6 Å². The van der Waals surface area contributed by atoms with Crippen molar-refractivity contribution in [2.24, 2.45) is 5.92 Å². The summed E-state index contributed by atoms with van der Waals surface area (Å²) in [4.78, 5) is 21.7. The van der Waals surface area contributed by atoms with Crippen LogP contribution in [0, 0.1) is 5.92 Å². The number of nitrogens with zero attached hydrogens (tertiary/aromatic N) is 3. The summed E-state index contributed by atoms with van der Waals surface area (Å²) in [6, 6.07) is 0. The van der Waals surface area contributed by atoms with E-state index < -0.39 is 0 Å². The second-order valence-electron chi connectivity index (χ2n) is 4.33. The Bertz CT molecular complexity index is 363. The minimum atomic E-state index is -0.0652. The number of rotatable bonds is 3. The minimum absolute atomic E-state index is 0.0652. The number of amides is 1. The average Bonchev–Trinajstić information content (AvgIpc) is 2.40. The van der Waals surface area contributed by atoms with Crippen molar-refractivity contribution in [3.8, 4) is 0 Å². The number of hydrogen-bond donors (Lipinski definition) is 0. The van der Waals surface area contributed by atoms with Crippen LogP contribution in [-0.2, 0) is 4.74 Å². The van der Waals surface area contributed by atoms with E-state index in [-0.39, 0.29) is 5.91 Å². The van der Waals surface area contributed by atoms with Gasteiger partial charge in [0.15, 0.2) is 0 Å². The first-order valence-corrected chi connectivity index (χ1v) is 5.86. The molecule has 92 valence electrons. The molecule has 2 rings (SSSR count). The fourth-order valence-corrected chi connectivity index (χ4v) is 2.00. The normalized spacial score (nSPS) is 16.8. The number of aromatic nitrogens is 2. The van der Waals surface area contributed by atoms with Gasteiger partial charge in [0, 0.05) is 39.2 Å². The monoisotopic (exact) mass is 235 g/mol. The summed E-state index contributed by atoms with van der Waals surface area (Å²) in [5.74, 6) is 0.471. The number of carbonyl (C=O) groups excluding carboxylic acids is 1. The molecule has 0 bridgehead atoms. The van der Waals surface area contributed by atoms with Gasteiger partial charge in [0.1, 0.15) is 5.69 Å². The van der Waals surface area contributed by atoms with Crippen LogP contribution in [0.15, 0.2) is 18.6 Å². The van der Waals surface area contributed by atoms with Crippen LogP contribution < -0.4 is 0 Å². The fraction of sp³-hybridized carbons (Fsp3) is 0.583. The topological polar surface area (TPSA) is 55.3 Å². The van der Waals surface area contributed by atoms with Crippen LogP contribution in [0.2, 0.25) is 0 Å². The van der Waals surface area contributed by atoms with E-state index in [1.807, 2.05) is 7.05 Å². The molecule has 1 saturated heterocycles. The Hall–Kier alpha value is -1.49. The van der Waals surface area contributed by atoms with Crippen molar-refractivity contribution in [3.05, 3.63) is 24.3 Å². The highest BCUT2D eigenvalue weighted by Crippen LogP contribution is 2.16. The first kappa shape index (κ1) is 12.0. The summed E-state index contributed by atoms with van der Waals surface area (Å²) in [7, 11) is 1.81. The molecule has 1 aromatic heterocycles. The molecule has 1 aromatic rings. The number of ether oxygens (including phenoxy) is 1. The molecule has 5 nitrogen and oxygen atoms in total. The lowest BCUT2D eigenvalue weighted by Gasteiger charge is -2.26. The zero-order chi connectivity index (χ0) is 12.1. The number of hydrogen-bond acceptors (Lipinski definition) is 4. The first-order chi connectivity index (χ1) is 8.27. The van der Waals surface area contributed by atoms with Crippen molar-refractivity contribution in [1.82, 2.24) is 14.9 Å². The molecule has 17 heavy (non-hydrogen) atoms. The van der Waals surface area contributed by atoms with E-state index in [1.54, 1.807) is 11.1 Å². The minimum Gasteiger partial charge on any atom is -0.381 e. The molecule has 0 N–H and O–H groups in total. The third-order valence-corrected chi connectivity index (χ3v) is 3.00. The Balaban J connectivity index is 1.91. The Kier molecular flexibility index (Phi) is 4.03. The molecule has 2 heterocycles. The molecule has 1 aliphatic rings. The molecule has 0 radical (unpaired) electrons. The van der Waals surface area contributed by atoms with Crippen molar-refractivity contribution in [3.63, 3.8) is 0 Å². The molecule has 1 aliphatic heterocycles. The molecule has 0 aliphatic carbocycles. The second kappa shape index (κ2) is 5.72. The SMILES string of the molecule is CN(CC1CCOCC1)C(=O)c1cnccn1. The second-order valence-corrected chi connectivity index (χ2v) is 4.33. The van der Waals surface area contributed by atoms with Gasteiger partial charge in [0.2, 0.25) is 0 Å². The van der Waals surface area contributed by atoms with Crippen molar-refractivity contribution < 1.29 is 9.53 Å². The summed E-state index contributed by atoms with van der Waals surface area (Å²) in [6.45, 7) is 2.37. The van der Waals surface area contributed by atoms with E-state index >= 15 is 0 Å². The van der Waals surface area contributed by atoms with Crippen LogP contribution in [0.25, 0.3) is 0 Å². The van der Waals surface area contributed by atoms with Crippen molar-refractivity contribution in [2.75, 3.05) is 26.8 Å². The standard InChI is InChI=1S/C12H17N3O2/c1-15(9-10-2-6-17-7-3-10)12(16)11-8-13-4-5-14-11/h4-5,8,10H,2-3,6-7,9H2,1H3. The van der Waals surface area contributed by atoms with E-state index in [1.165, 1.54) is 12.4 Å². The molecule has 5 heteroatoms. The third kappa shape index (κ3) is 3.23. The smallest absolute Gasteiger partial charge is 0.273 e. The molecule has 1 fully saturated rings. The van der Waals surface area contributed by atoms with Crippen molar-refractivity contribution >= 4 is 5.91 Å². The van der Waals surface area contributed by atoms with Crippen LogP contribution in [0.5, 0.6) is 0 Å². The molecular formula is C12H17N3O2. The van der Waals surface area contributed by atoms with Crippen molar-refractivity contribution in [2.45, 2.75) is 12.8 Å². The van der Waals surface area contributed by atoms with Crippen molar-refractivity contribution in [1.29, 1.82) is 0 Å². The molecule has 0 unspecified atom stereocenters. The van der Waals surface area contributed by atoms with Crippen LogP contribution >= 0.6 is 0 Å². The highest BCUT2D eigenvalue weighted by Gasteiger charge is 2.20. The lowest BCUT2D eigenvalue weighted by Crippen LogP contribution is -2.34. The fourth-order valence-electron chi connectivity index (χ4n) is 2.00. The molecule has 0 atom stereocenters. The summed E-state index contributed by atoms with van der Waals surface area (Å²) in [5, 5.41) is 0. The van der Waals surface area contributed by atoms with Gasteiger partial charge < -0.3 is 9.64 Å². The quantitative estimate of drug-likeness (QED) is 0.783. The summed E-state index contributed by atoms with van der Waals surface area (Å²) in [6.07, 6.45) is 6.66. The number of carbonyl (C=O) groups is 1. The van der Waals surface area contributed by atoms with E-state index in [2.05, 4.69) is 9.97 Å². The van der Waals surface area contributed by atoms with Gasteiger partial charge in [-0.3, -0.25) is 9.78 Å². The average molecular weight is 235 g/mol. The first-order valence-electron chi connectivity index (χ1n) is 5.86. The lowest BCUT2D eigenvalue weighted by atomic mass is 10.00. The molecule has 0 spiro atoms. The van der Waals surface area contributed by atoms with Gasteiger partial charge in [0.05, 0.1) is 6.20 Å². The summed E-state index contributed by atoms with van der Waals surface area (Å²) in [5.41, 5.74) is 0.405. The molecule has 1 amide bonds. The van der Waals surface area contributed by atoms with Crippen LogP contribution in [0.4, 0.5) is 0 Å². The lowest BCUT2D eigenvalue weighted by molar-refractivity contribution is 0.0495.